The molecule has 3 rings (SSSR count). The van der Waals surface area contributed by atoms with Gasteiger partial charge in [0.25, 0.3) is 0 Å². The molecular formula is C18H15F3N4O3. The van der Waals surface area contributed by atoms with Crippen molar-refractivity contribution >= 4 is 11.7 Å². The molecule has 0 spiro atoms. The molecule has 0 aliphatic heterocycles. The van der Waals surface area contributed by atoms with Gasteiger partial charge in [-0.15, -0.1) is 0 Å². The van der Waals surface area contributed by atoms with E-state index < -0.39 is 18.1 Å². The lowest BCUT2D eigenvalue weighted by atomic mass is 10.1. The number of carbonyl (C=O) groups is 1. The second-order valence-electron chi connectivity index (χ2n) is 5.63. The number of rotatable bonds is 5. The number of hydrogen-bond acceptors (Lipinski definition) is 5. The van der Waals surface area contributed by atoms with Crippen molar-refractivity contribution in [1.29, 1.82) is 0 Å². The quantitative estimate of drug-likeness (QED) is 0.653. The average Bonchev–Trinajstić information content (AvgIpc) is 3.18. The molecule has 0 fully saturated rings. The van der Waals surface area contributed by atoms with E-state index in [1.807, 2.05) is 6.07 Å². The summed E-state index contributed by atoms with van der Waals surface area (Å²) in [6.45, 7) is 0.121. The summed E-state index contributed by atoms with van der Waals surface area (Å²) >= 11 is 0. The number of benzene rings is 2. The molecule has 0 aliphatic carbocycles. The summed E-state index contributed by atoms with van der Waals surface area (Å²) in [7, 11) is 1.36. The molecular weight excluding hydrogens is 377 g/mol. The second-order valence-corrected chi connectivity index (χ2v) is 5.63. The normalized spacial score (nSPS) is 11.3. The number of urea groups is 1. The highest BCUT2D eigenvalue weighted by Crippen LogP contribution is 2.29. The molecule has 1 N–H and O–H groups in total. The molecule has 0 aliphatic rings. The Morgan fingerprint density at radius 1 is 1.14 bits per heavy atom. The van der Waals surface area contributed by atoms with Crippen LogP contribution in [0.2, 0.25) is 0 Å². The Kier molecular flexibility index (Phi) is 5.59. The summed E-state index contributed by atoms with van der Waals surface area (Å²) in [4.78, 5) is 20.7. The Morgan fingerprint density at radius 3 is 2.39 bits per heavy atom. The SMILES string of the molecule is CON(Cc1ccc(-c2noc(C(F)(F)F)n2)cc1)C(=O)Nc1ccccc1. The third-order valence-electron chi connectivity index (χ3n) is 3.68. The largest absolute Gasteiger partial charge is 0.471 e. The Bertz CT molecular complexity index is 927. The maximum Gasteiger partial charge on any atom is 0.471 e. The molecule has 0 atom stereocenters. The van der Waals surface area contributed by atoms with Crippen LogP contribution in [0, 0.1) is 0 Å². The van der Waals surface area contributed by atoms with Crippen LogP contribution >= 0.6 is 0 Å². The molecule has 0 unspecified atom stereocenters. The summed E-state index contributed by atoms with van der Waals surface area (Å²) in [6.07, 6.45) is -4.70. The van der Waals surface area contributed by atoms with E-state index in [1.165, 1.54) is 19.2 Å². The molecule has 2 aromatic carbocycles. The van der Waals surface area contributed by atoms with Gasteiger partial charge in [-0.3, -0.25) is 4.84 Å². The highest BCUT2D eigenvalue weighted by Gasteiger charge is 2.38. The minimum Gasteiger partial charge on any atom is -0.329 e. The van der Waals surface area contributed by atoms with E-state index in [4.69, 9.17) is 4.84 Å². The second kappa shape index (κ2) is 8.09. The fourth-order valence-electron chi connectivity index (χ4n) is 2.31. The predicted molar refractivity (Wildman–Crippen MR) is 92.7 cm³/mol. The van der Waals surface area contributed by atoms with Crippen LogP contribution in [-0.4, -0.2) is 28.3 Å². The molecule has 1 aromatic heterocycles. The lowest BCUT2D eigenvalue weighted by Crippen LogP contribution is -2.33. The molecule has 0 saturated carbocycles. The third-order valence-corrected chi connectivity index (χ3v) is 3.68. The molecule has 7 nitrogen and oxygen atoms in total. The lowest BCUT2D eigenvalue weighted by Gasteiger charge is -2.20. The first-order chi connectivity index (χ1) is 13.4. The summed E-state index contributed by atoms with van der Waals surface area (Å²) < 4.78 is 41.8. The summed E-state index contributed by atoms with van der Waals surface area (Å²) in [5.41, 5.74) is 1.65. The first-order valence-electron chi connectivity index (χ1n) is 8.04. The molecule has 1 heterocycles. The van der Waals surface area contributed by atoms with Crippen molar-refractivity contribution in [1.82, 2.24) is 15.2 Å². The highest BCUT2D eigenvalue weighted by molar-refractivity contribution is 5.88. The van der Waals surface area contributed by atoms with Crippen molar-refractivity contribution in [2.24, 2.45) is 0 Å². The Labute approximate surface area is 157 Å². The van der Waals surface area contributed by atoms with E-state index in [1.54, 1.807) is 36.4 Å². The van der Waals surface area contributed by atoms with Gasteiger partial charge in [0.1, 0.15) is 0 Å². The number of alkyl halides is 3. The van der Waals surface area contributed by atoms with Crippen LogP contribution in [0.3, 0.4) is 0 Å². The van der Waals surface area contributed by atoms with E-state index in [-0.39, 0.29) is 12.4 Å². The molecule has 146 valence electrons. The zero-order valence-corrected chi connectivity index (χ0v) is 14.6. The Balaban J connectivity index is 1.67. The Hall–Kier alpha value is -3.40. The van der Waals surface area contributed by atoms with Gasteiger partial charge in [-0.25, -0.2) is 4.79 Å². The van der Waals surface area contributed by atoms with Crippen molar-refractivity contribution in [3.63, 3.8) is 0 Å². The summed E-state index contributed by atoms with van der Waals surface area (Å²) in [5, 5.41) is 7.13. The Morgan fingerprint density at radius 2 is 1.82 bits per heavy atom. The van der Waals surface area contributed by atoms with Crippen molar-refractivity contribution < 1.29 is 27.3 Å². The van der Waals surface area contributed by atoms with Gasteiger partial charge in [-0.05, 0) is 17.7 Å². The highest BCUT2D eigenvalue weighted by atomic mass is 19.4. The predicted octanol–water partition coefficient (Wildman–Crippen LogP) is 4.35. The monoisotopic (exact) mass is 392 g/mol. The van der Waals surface area contributed by atoms with Crippen LogP contribution in [0.1, 0.15) is 11.5 Å². The van der Waals surface area contributed by atoms with Crippen LogP contribution in [0.5, 0.6) is 0 Å². The van der Waals surface area contributed by atoms with Crippen LogP contribution in [0.25, 0.3) is 11.4 Å². The van der Waals surface area contributed by atoms with Crippen molar-refractivity contribution in [3.8, 4) is 11.4 Å². The maximum absolute atomic E-state index is 12.5. The van der Waals surface area contributed by atoms with E-state index >= 15 is 0 Å². The number of carbonyl (C=O) groups excluding carboxylic acids is 1. The van der Waals surface area contributed by atoms with E-state index in [9.17, 15) is 18.0 Å². The molecule has 28 heavy (non-hydrogen) atoms. The lowest BCUT2D eigenvalue weighted by molar-refractivity contribution is -0.159. The van der Waals surface area contributed by atoms with Gasteiger partial charge in [0.05, 0.1) is 13.7 Å². The van der Waals surface area contributed by atoms with Gasteiger partial charge in [0.2, 0.25) is 5.82 Å². The first kappa shape index (κ1) is 19.4. The van der Waals surface area contributed by atoms with E-state index in [0.717, 1.165) is 5.06 Å². The number of hydrogen-bond donors (Lipinski definition) is 1. The number of para-hydroxylation sites is 1. The van der Waals surface area contributed by atoms with Gasteiger partial charge >= 0.3 is 18.1 Å². The molecule has 0 radical (unpaired) electrons. The molecule has 10 heteroatoms. The smallest absolute Gasteiger partial charge is 0.329 e. The zero-order valence-electron chi connectivity index (χ0n) is 14.6. The summed E-state index contributed by atoms with van der Waals surface area (Å²) in [6, 6.07) is 14.7. The fourth-order valence-corrected chi connectivity index (χ4v) is 2.31. The number of amides is 2. The molecule has 0 saturated heterocycles. The van der Waals surface area contributed by atoms with Crippen LogP contribution in [0.4, 0.5) is 23.7 Å². The van der Waals surface area contributed by atoms with Crippen molar-refractivity contribution in [2.75, 3.05) is 12.4 Å². The number of hydroxylamine groups is 2. The molecule has 0 bridgehead atoms. The number of nitrogens with zero attached hydrogens (tertiary/aromatic N) is 3. The molecule has 2 amide bonds. The van der Waals surface area contributed by atoms with Crippen LogP contribution in [0.15, 0.2) is 59.1 Å². The van der Waals surface area contributed by atoms with Gasteiger partial charge in [-0.2, -0.15) is 23.2 Å². The number of anilines is 1. The number of halogens is 3. The standard InChI is InChI=1S/C18H15F3N4O3/c1-27-25(17(26)22-14-5-3-2-4-6-14)11-12-7-9-13(10-8-12)15-23-16(28-24-15)18(19,20)21/h2-10H,11H2,1H3,(H,22,26). The maximum atomic E-state index is 12.5. The van der Waals surface area contributed by atoms with E-state index in [0.29, 0.717) is 16.8 Å². The minimum atomic E-state index is -4.70. The van der Waals surface area contributed by atoms with E-state index in [2.05, 4.69) is 20.0 Å². The van der Waals surface area contributed by atoms with Gasteiger partial charge in [-0.1, -0.05) is 47.6 Å². The van der Waals surface area contributed by atoms with Gasteiger partial charge in [0.15, 0.2) is 0 Å². The van der Waals surface area contributed by atoms with Gasteiger partial charge < -0.3 is 9.84 Å². The third kappa shape index (κ3) is 4.65. The average molecular weight is 392 g/mol. The molecule has 3 aromatic rings. The van der Waals surface area contributed by atoms with Crippen molar-refractivity contribution in [3.05, 3.63) is 66.1 Å². The fraction of sp³-hybridized carbons (Fsp3) is 0.167. The van der Waals surface area contributed by atoms with Crippen LogP contribution in [-0.2, 0) is 17.6 Å². The number of aromatic nitrogens is 2. The van der Waals surface area contributed by atoms with Crippen molar-refractivity contribution in [2.45, 2.75) is 12.7 Å². The topological polar surface area (TPSA) is 80.5 Å². The minimum absolute atomic E-state index is 0.121. The summed E-state index contributed by atoms with van der Waals surface area (Å²) in [5.74, 6) is -1.58. The van der Waals surface area contributed by atoms with Gasteiger partial charge in [0, 0.05) is 11.3 Å². The number of nitrogens with one attached hydrogen (secondary N) is 1. The first-order valence-corrected chi connectivity index (χ1v) is 8.04. The zero-order chi connectivity index (χ0) is 20.1. The van der Waals surface area contributed by atoms with Crippen LogP contribution < -0.4 is 5.32 Å².